The predicted octanol–water partition coefficient (Wildman–Crippen LogP) is 1.92. The van der Waals surface area contributed by atoms with E-state index in [1.807, 2.05) is 29.2 Å². The summed E-state index contributed by atoms with van der Waals surface area (Å²) in [4.78, 5) is 28.5. The van der Waals surface area contributed by atoms with Gasteiger partial charge in [-0.3, -0.25) is 14.5 Å². The molecule has 0 spiro atoms. The molecule has 1 aromatic rings. The average molecular weight is 316 g/mol. The Labute approximate surface area is 137 Å². The number of fused-ring (bicyclic) bond motifs is 2. The molecule has 23 heavy (non-hydrogen) atoms. The lowest BCUT2D eigenvalue weighted by atomic mass is 9.98. The molecular formula is C18H24N2O3. The van der Waals surface area contributed by atoms with Gasteiger partial charge in [-0.1, -0.05) is 12.1 Å². The summed E-state index contributed by atoms with van der Waals surface area (Å²) in [5.41, 5.74) is 1.56. The van der Waals surface area contributed by atoms with E-state index in [2.05, 4.69) is 11.9 Å². The van der Waals surface area contributed by atoms with Crippen molar-refractivity contribution in [2.45, 2.75) is 32.4 Å². The van der Waals surface area contributed by atoms with Crippen LogP contribution in [0.4, 0.5) is 0 Å². The van der Waals surface area contributed by atoms with E-state index in [1.54, 1.807) is 6.92 Å². The molecule has 2 unspecified atom stereocenters. The highest BCUT2D eigenvalue weighted by molar-refractivity contribution is 5.94. The Bertz CT molecular complexity index is 584. The van der Waals surface area contributed by atoms with E-state index in [4.69, 9.17) is 4.74 Å². The van der Waals surface area contributed by atoms with Crippen LogP contribution >= 0.6 is 0 Å². The number of hydrogen-bond donors (Lipinski definition) is 0. The van der Waals surface area contributed by atoms with Gasteiger partial charge in [0.1, 0.15) is 0 Å². The number of likely N-dealkylation sites (tertiary alicyclic amines) is 2. The van der Waals surface area contributed by atoms with Crippen molar-refractivity contribution < 1.29 is 14.3 Å². The van der Waals surface area contributed by atoms with Gasteiger partial charge in [0.25, 0.3) is 5.91 Å². The summed E-state index contributed by atoms with van der Waals surface area (Å²) in [5, 5.41) is 0. The van der Waals surface area contributed by atoms with Crippen LogP contribution in [0.25, 0.3) is 0 Å². The monoisotopic (exact) mass is 316 g/mol. The molecule has 1 aromatic carbocycles. The third kappa shape index (κ3) is 3.39. The number of piperidine rings is 1. The zero-order valence-electron chi connectivity index (χ0n) is 13.8. The standard InChI is InChI=1S/C18H24N2O3/c1-3-23-17(21)11-13-4-6-15(7-5-13)18(22)20-9-8-14-10-16(20)19(2)12-14/h4-7,14,16H,3,8-12H2,1-2H3. The van der Waals surface area contributed by atoms with Crippen molar-refractivity contribution in [3.05, 3.63) is 35.4 Å². The normalized spacial score (nSPS) is 23.8. The number of rotatable bonds is 4. The van der Waals surface area contributed by atoms with Crippen LogP contribution in [0.5, 0.6) is 0 Å². The number of amides is 1. The van der Waals surface area contributed by atoms with Crippen molar-refractivity contribution in [3.8, 4) is 0 Å². The van der Waals surface area contributed by atoms with E-state index >= 15 is 0 Å². The van der Waals surface area contributed by atoms with E-state index in [0.29, 0.717) is 12.2 Å². The Kier molecular flexibility index (Phi) is 4.66. The molecule has 2 fully saturated rings. The molecule has 124 valence electrons. The lowest BCUT2D eigenvalue weighted by Crippen LogP contribution is -2.47. The lowest BCUT2D eigenvalue weighted by molar-refractivity contribution is -0.142. The number of hydrogen-bond acceptors (Lipinski definition) is 4. The summed E-state index contributed by atoms with van der Waals surface area (Å²) in [6.07, 6.45) is 2.66. The maximum atomic E-state index is 12.8. The number of esters is 1. The Balaban J connectivity index is 1.67. The van der Waals surface area contributed by atoms with E-state index in [9.17, 15) is 9.59 Å². The van der Waals surface area contributed by atoms with Crippen LogP contribution in [0.1, 0.15) is 35.7 Å². The number of carbonyl (C=O) groups is 2. The molecule has 2 saturated heterocycles. The third-order valence-corrected chi connectivity index (χ3v) is 4.85. The highest BCUT2D eigenvalue weighted by atomic mass is 16.5. The van der Waals surface area contributed by atoms with E-state index in [1.165, 1.54) is 0 Å². The summed E-state index contributed by atoms with van der Waals surface area (Å²) < 4.78 is 4.94. The van der Waals surface area contributed by atoms with Gasteiger partial charge in [0, 0.05) is 18.7 Å². The minimum absolute atomic E-state index is 0.0879. The van der Waals surface area contributed by atoms with Gasteiger partial charge in [0.2, 0.25) is 0 Å². The molecule has 5 nitrogen and oxygen atoms in total. The van der Waals surface area contributed by atoms with Gasteiger partial charge in [-0.05, 0) is 50.4 Å². The first-order chi connectivity index (χ1) is 11.1. The molecule has 0 N–H and O–H groups in total. The van der Waals surface area contributed by atoms with E-state index in [-0.39, 0.29) is 24.5 Å². The fourth-order valence-electron chi connectivity index (χ4n) is 3.67. The zero-order chi connectivity index (χ0) is 16.4. The molecule has 1 amide bonds. The van der Waals surface area contributed by atoms with Crippen LogP contribution < -0.4 is 0 Å². The van der Waals surface area contributed by atoms with Crippen molar-refractivity contribution in [2.24, 2.45) is 5.92 Å². The maximum absolute atomic E-state index is 12.8. The highest BCUT2D eigenvalue weighted by Crippen LogP contribution is 2.33. The highest BCUT2D eigenvalue weighted by Gasteiger charge is 2.40. The Morgan fingerprint density at radius 2 is 2.00 bits per heavy atom. The largest absolute Gasteiger partial charge is 0.466 e. The van der Waals surface area contributed by atoms with Crippen LogP contribution in [0.15, 0.2) is 24.3 Å². The van der Waals surface area contributed by atoms with Crippen LogP contribution in [0, 0.1) is 5.92 Å². The summed E-state index contributed by atoms with van der Waals surface area (Å²) in [6, 6.07) is 7.32. The van der Waals surface area contributed by atoms with Crippen molar-refractivity contribution in [1.29, 1.82) is 0 Å². The molecule has 0 radical (unpaired) electrons. The van der Waals surface area contributed by atoms with Gasteiger partial charge >= 0.3 is 5.97 Å². The first-order valence-corrected chi connectivity index (χ1v) is 8.34. The van der Waals surface area contributed by atoms with Crippen LogP contribution in [-0.4, -0.2) is 54.6 Å². The van der Waals surface area contributed by atoms with E-state index < -0.39 is 0 Å². The van der Waals surface area contributed by atoms with Gasteiger partial charge in [0.05, 0.1) is 19.2 Å². The second-order valence-electron chi connectivity index (χ2n) is 6.49. The van der Waals surface area contributed by atoms with Crippen LogP contribution in [0.3, 0.4) is 0 Å². The molecule has 2 aliphatic heterocycles. The summed E-state index contributed by atoms with van der Waals surface area (Å²) in [5.74, 6) is 0.590. The third-order valence-electron chi connectivity index (χ3n) is 4.85. The Hall–Kier alpha value is -1.88. The Morgan fingerprint density at radius 3 is 2.70 bits per heavy atom. The zero-order valence-corrected chi connectivity index (χ0v) is 13.8. The molecule has 2 atom stereocenters. The molecule has 2 aliphatic rings. The minimum Gasteiger partial charge on any atom is -0.466 e. The molecule has 0 saturated carbocycles. The SMILES string of the molecule is CCOC(=O)Cc1ccc(C(=O)N2CCC3CC2N(C)C3)cc1. The smallest absolute Gasteiger partial charge is 0.310 e. The van der Waals surface area contributed by atoms with Crippen LogP contribution in [-0.2, 0) is 16.0 Å². The second-order valence-corrected chi connectivity index (χ2v) is 6.49. The fraction of sp³-hybridized carbons (Fsp3) is 0.556. The maximum Gasteiger partial charge on any atom is 0.310 e. The molecule has 3 rings (SSSR count). The second kappa shape index (κ2) is 6.71. The first kappa shape index (κ1) is 16.0. The molecular weight excluding hydrogens is 292 g/mol. The van der Waals surface area contributed by atoms with Gasteiger partial charge < -0.3 is 9.64 Å². The average Bonchev–Trinajstić information content (AvgIpc) is 2.82. The number of carbonyl (C=O) groups excluding carboxylic acids is 2. The fourth-order valence-corrected chi connectivity index (χ4v) is 3.67. The molecule has 2 bridgehead atoms. The van der Waals surface area contributed by atoms with Crippen molar-refractivity contribution in [2.75, 3.05) is 26.7 Å². The van der Waals surface area contributed by atoms with Gasteiger partial charge in [0.15, 0.2) is 0 Å². The van der Waals surface area contributed by atoms with Crippen molar-refractivity contribution in [1.82, 2.24) is 9.80 Å². The number of ether oxygens (including phenoxy) is 1. The lowest BCUT2D eigenvalue weighted by Gasteiger charge is -2.35. The molecule has 0 aromatic heterocycles. The number of nitrogens with zero attached hydrogens (tertiary/aromatic N) is 2. The predicted molar refractivity (Wildman–Crippen MR) is 87.0 cm³/mol. The number of benzene rings is 1. The first-order valence-electron chi connectivity index (χ1n) is 8.34. The topological polar surface area (TPSA) is 49.9 Å². The van der Waals surface area contributed by atoms with E-state index in [0.717, 1.165) is 37.4 Å². The quantitative estimate of drug-likeness (QED) is 0.796. The van der Waals surface area contributed by atoms with Gasteiger partial charge in [-0.25, -0.2) is 0 Å². The van der Waals surface area contributed by atoms with Gasteiger partial charge in [-0.2, -0.15) is 0 Å². The van der Waals surface area contributed by atoms with Crippen LogP contribution in [0.2, 0.25) is 0 Å². The molecule has 5 heteroatoms. The summed E-state index contributed by atoms with van der Waals surface area (Å²) in [7, 11) is 2.10. The van der Waals surface area contributed by atoms with Crippen molar-refractivity contribution >= 4 is 11.9 Å². The molecule has 0 aliphatic carbocycles. The van der Waals surface area contributed by atoms with Crippen molar-refractivity contribution in [3.63, 3.8) is 0 Å². The summed E-state index contributed by atoms with van der Waals surface area (Å²) >= 11 is 0. The summed E-state index contributed by atoms with van der Waals surface area (Å²) in [6.45, 7) is 4.11. The van der Waals surface area contributed by atoms with Gasteiger partial charge in [-0.15, -0.1) is 0 Å². The Morgan fingerprint density at radius 1 is 1.26 bits per heavy atom. The minimum atomic E-state index is -0.235. The molecule has 2 heterocycles.